The zero-order chi connectivity index (χ0) is 18.9. The lowest BCUT2D eigenvalue weighted by atomic mass is 10.1. The van der Waals surface area contributed by atoms with Crippen LogP contribution >= 0.6 is 0 Å². The summed E-state index contributed by atoms with van der Waals surface area (Å²) in [7, 11) is 1.65. The van der Waals surface area contributed by atoms with Gasteiger partial charge in [-0.3, -0.25) is 9.69 Å². The molecular weight excluding hydrogens is 340 g/mol. The van der Waals surface area contributed by atoms with Crippen LogP contribution in [-0.2, 0) is 11.2 Å². The van der Waals surface area contributed by atoms with Gasteiger partial charge in [0.1, 0.15) is 18.1 Å². The van der Waals surface area contributed by atoms with Crippen LogP contribution in [0.3, 0.4) is 0 Å². The lowest BCUT2D eigenvalue weighted by Gasteiger charge is -2.34. The van der Waals surface area contributed by atoms with Gasteiger partial charge < -0.3 is 14.4 Å². The van der Waals surface area contributed by atoms with Crippen molar-refractivity contribution in [2.75, 3.05) is 46.4 Å². The first-order valence-corrected chi connectivity index (χ1v) is 9.55. The molecule has 1 amide bonds. The quantitative estimate of drug-likeness (QED) is 0.719. The minimum atomic E-state index is 0.257. The number of benzene rings is 2. The highest BCUT2D eigenvalue weighted by Gasteiger charge is 2.20. The van der Waals surface area contributed by atoms with Gasteiger partial charge in [-0.1, -0.05) is 30.3 Å². The van der Waals surface area contributed by atoms with E-state index >= 15 is 0 Å². The molecule has 27 heavy (non-hydrogen) atoms. The zero-order valence-corrected chi connectivity index (χ0v) is 16.0. The molecule has 1 fully saturated rings. The van der Waals surface area contributed by atoms with Gasteiger partial charge in [0, 0.05) is 39.1 Å². The van der Waals surface area contributed by atoms with Gasteiger partial charge in [0.25, 0.3) is 0 Å². The van der Waals surface area contributed by atoms with Crippen molar-refractivity contribution in [1.82, 2.24) is 9.80 Å². The number of amides is 1. The van der Waals surface area contributed by atoms with E-state index in [9.17, 15) is 4.79 Å². The Balaban J connectivity index is 1.32. The maximum absolute atomic E-state index is 12.4. The lowest BCUT2D eigenvalue weighted by molar-refractivity contribution is -0.132. The molecule has 1 saturated heterocycles. The molecule has 5 heteroatoms. The second-order valence-electron chi connectivity index (χ2n) is 6.73. The summed E-state index contributed by atoms with van der Waals surface area (Å²) in [6.45, 7) is 4.94. The van der Waals surface area contributed by atoms with E-state index in [0.717, 1.165) is 50.6 Å². The standard InChI is InChI=1S/C22H28N2O3/c1-26-20-8-10-21(11-9-20)27-18-17-23-13-15-24(16-14-23)22(25)12-7-19-5-3-2-4-6-19/h2-6,8-11H,7,12-18H2,1H3. The van der Waals surface area contributed by atoms with Crippen molar-refractivity contribution in [3.05, 3.63) is 60.2 Å². The molecule has 1 heterocycles. The fourth-order valence-electron chi connectivity index (χ4n) is 3.24. The molecular formula is C22H28N2O3. The maximum atomic E-state index is 12.4. The Bertz CT molecular complexity index is 695. The average molecular weight is 368 g/mol. The highest BCUT2D eigenvalue weighted by Crippen LogP contribution is 2.17. The smallest absolute Gasteiger partial charge is 0.222 e. The van der Waals surface area contributed by atoms with Crippen molar-refractivity contribution in [1.29, 1.82) is 0 Å². The molecule has 0 spiro atoms. The molecule has 0 N–H and O–H groups in total. The van der Waals surface area contributed by atoms with Crippen LogP contribution in [0.2, 0.25) is 0 Å². The highest BCUT2D eigenvalue weighted by molar-refractivity contribution is 5.76. The van der Waals surface area contributed by atoms with Crippen molar-refractivity contribution < 1.29 is 14.3 Å². The number of ether oxygens (including phenoxy) is 2. The van der Waals surface area contributed by atoms with Gasteiger partial charge in [-0.05, 0) is 36.2 Å². The lowest BCUT2D eigenvalue weighted by Crippen LogP contribution is -2.49. The SMILES string of the molecule is COc1ccc(OCCN2CCN(C(=O)CCc3ccccc3)CC2)cc1. The van der Waals surface area contributed by atoms with Gasteiger partial charge in [0.15, 0.2) is 0 Å². The van der Waals surface area contributed by atoms with E-state index in [1.165, 1.54) is 5.56 Å². The van der Waals surface area contributed by atoms with E-state index < -0.39 is 0 Å². The van der Waals surface area contributed by atoms with Crippen LogP contribution in [0.15, 0.2) is 54.6 Å². The molecule has 0 radical (unpaired) electrons. The van der Waals surface area contributed by atoms with E-state index in [4.69, 9.17) is 9.47 Å². The second kappa shape index (κ2) is 9.97. The summed E-state index contributed by atoms with van der Waals surface area (Å²) in [6.07, 6.45) is 1.40. The normalized spacial score (nSPS) is 14.8. The van der Waals surface area contributed by atoms with Crippen LogP contribution in [0.25, 0.3) is 0 Å². The van der Waals surface area contributed by atoms with E-state index in [-0.39, 0.29) is 5.91 Å². The van der Waals surface area contributed by atoms with Gasteiger partial charge in [0.05, 0.1) is 7.11 Å². The van der Waals surface area contributed by atoms with Crippen LogP contribution in [-0.4, -0.2) is 62.1 Å². The van der Waals surface area contributed by atoms with Crippen LogP contribution in [0.1, 0.15) is 12.0 Å². The topological polar surface area (TPSA) is 42.0 Å². The van der Waals surface area contributed by atoms with E-state index in [2.05, 4.69) is 17.0 Å². The van der Waals surface area contributed by atoms with Crippen LogP contribution in [0, 0.1) is 0 Å². The third-order valence-corrected chi connectivity index (χ3v) is 4.93. The summed E-state index contributed by atoms with van der Waals surface area (Å²) < 4.78 is 10.9. The fraction of sp³-hybridized carbons (Fsp3) is 0.409. The molecule has 0 aliphatic carbocycles. The van der Waals surface area contributed by atoms with Gasteiger partial charge in [-0.2, -0.15) is 0 Å². The van der Waals surface area contributed by atoms with Crippen molar-refractivity contribution in [2.24, 2.45) is 0 Å². The number of rotatable bonds is 8. The zero-order valence-electron chi connectivity index (χ0n) is 16.0. The predicted molar refractivity (Wildman–Crippen MR) is 106 cm³/mol. The summed E-state index contributed by atoms with van der Waals surface area (Å²) >= 11 is 0. The summed E-state index contributed by atoms with van der Waals surface area (Å²) in [5, 5.41) is 0. The first-order chi connectivity index (χ1) is 13.2. The molecule has 0 unspecified atom stereocenters. The number of carbonyl (C=O) groups excluding carboxylic acids is 1. The summed E-state index contributed by atoms with van der Waals surface area (Å²) in [6, 6.07) is 17.8. The maximum Gasteiger partial charge on any atom is 0.222 e. The van der Waals surface area contributed by atoms with Gasteiger partial charge in [0.2, 0.25) is 5.91 Å². The van der Waals surface area contributed by atoms with Gasteiger partial charge >= 0.3 is 0 Å². The number of aryl methyl sites for hydroxylation is 1. The minimum Gasteiger partial charge on any atom is -0.497 e. The number of nitrogens with zero attached hydrogens (tertiary/aromatic N) is 2. The molecule has 3 rings (SSSR count). The average Bonchev–Trinajstić information content (AvgIpc) is 2.74. The number of hydrogen-bond acceptors (Lipinski definition) is 4. The van der Waals surface area contributed by atoms with Gasteiger partial charge in [-0.15, -0.1) is 0 Å². The molecule has 5 nitrogen and oxygen atoms in total. The third kappa shape index (κ3) is 6.00. The Kier molecular flexibility index (Phi) is 7.11. The molecule has 0 saturated carbocycles. The largest absolute Gasteiger partial charge is 0.497 e. The number of piperazine rings is 1. The van der Waals surface area contributed by atoms with Gasteiger partial charge in [-0.25, -0.2) is 0 Å². The van der Waals surface area contributed by atoms with Crippen LogP contribution in [0.5, 0.6) is 11.5 Å². The second-order valence-corrected chi connectivity index (χ2v) is 6.73. The molecule has 0 bridgehead atoms. The molecule has 2 aromatic carbocycles. The first-order valence-electron chi connectivity index (χ1n) is 9.55. The Morgan fingerprint density at radius 1 is 0.926 bits per heavy atom. The summed E-state index contributed by atoms with van der Waals surface area (Å²) in [5.41, 5.74) is 1.22. The van der Waals surface area contributed by atoms with Crippen LogP contribution in [0.4, 0.5) is 0 Å². The van der Waals surface area contributed by atoms with Crippen LogP contribution < -0.4 is 9.47 Å². The Morgan fingerprint density at radius 2 is 1.59 bits per heavy atom. The van der Waals surface area contributed by atoms with Crippen molar-refractivity contribution >= 4 is 5.91 Å². The Hall–Kier alpha value is -2.53. The van der Waals surface area contributed by atoms with E-state index in [1.54, 1.807) is 7.11 Å². The third-order valence-electron chi connectivity index (χ3n) is 4.93. The van der Waals surface area contributed by atoms with E-state index in [0.29, 0.717) is 13.0 Å². The first kappa shape index (κ1) is 19.2. The number of hydrogen-bond donors (Lipinski definition) is 0. The Morgan fingerprint density at radius 3 is 2.26 bits per heavy atom. The van der Waals surface area contributed by atoms with Crippen molar-refractivity contribution in [2.45, 2.75) is 12.8 Å². The van der Waals surface area contributed by atoms with E-state index in [1.807, 2.05) is 47.4 Å². The van der Waals surface area contributed by atoms with Crippen molar-refractivity contribution in [3.63, 3.8) is 0 Å². The highest BCUT2D eigenvalue weighted by atomic mass is 16.5. The monoisotopic (exact) mass is 368 g/mol. The fourth-order valence-corrected chi connectivity index (χ4v) is 3.24. The summed E-state index contributed by atoms with van der Waals surface area (Å²) in [5.74, 6) is 1.94. The molecule has 144 valence electrons. The molecule has 1 aliphatic rings. The van der Waals surface area contributed by atoms with Crippen molar-refractivity contribution in [3.8, 4) is 11.5 Å². The molecule has 1 aliphatic heterocycles. The molecule has 0 atom stereocenters. The summed E-state index contributed by atoms with van der Waals surface area (Å²) in [4.78, 5) is 16.7. The Labute approximate surface area is 161 Å². The predicted octanol–water partition coefficient (Wildman–Crippen LogP) is 2.85. The number of methoxy groups -OCH3 is 1. The molecule has 2 aromatic rings. The molecule has 0 aromatic heterocycles. The minimum absolute atomic E-state index is 0.257. The number of carbonyl (C=O) groups is 1.